The number of primary amides is 1. The number of anilines is 2. The molecular formula is C23H21F2N7O2S. The smallest absolute Gasteiger partial charge is 0.268 e. The zero-order valence-corrected chi connectivity index (χ0v) is 19.6. The second-order valence-electron chi connectivity index (χ2n) is 8.38. The third kappa shape index (κ3) is 4.28. The molecule has 1 aliphatic carbocycles. The van der Waals surface area contributed by atoms with Crippen molar-refractivity contribution in [3.05, 3.63) is 65.7 Å². The van der Waals surface area contributed by atoms with Crippen molar-refractivity contribution in [1.82, 2.24) is 24.6 Å². The fourth-order valence-electron chi connectivity index (χ4n) is 3.69. The van der Waals surface area contributed by atoms with Gasteiger partial charge in [-0.2, -0.15) is 5.10 Å². The Kier molecular flexibility index (Phi) is 5.59. The topological polar surface area (TPSA) is 113 Å². The molecule has 0 radical (unpaired) electrons. The van der Waals surface area contributed by atoms with E-state index in [0.29, 0.717) is 32.6 Å². The Labute approximate surface area is 202 Å². The van der Waals surface area contributed by atoms with E-state index >= 15 is 0 Å². The minimum atomic E-state index is -0.965. The van der Waals surface area contributed by atoms with Crippen LogP contribution in [0, 0.1) is 11.6 Å². The van der Waals surface area contributed by atoms with Gasteiger partial charge in [-0.1, -0.05) is 11.3 Å². The van der Waals surface area contributed by atoms with Gasteiger partial charge in [0.05, 0.1) is 39.9 Å². The monoisotopic (exact) mass is 497 g/mol. The Morgan fingerprint density at radius 1 is 1.20 bits per heavy atom. The van der Waals surface area contributed by atoms with Crippen molar-refractivity contribution in [3.8, 4) is 16.3 Å². The van der Waals surface area contributed by atoms with Crippen LogP contribution in [-0.4, -0.2) is 56.6 Å². The van der Waals surface area contributed by atoms with Gasteiger partial charge in [0.15, 0.2) is 22.5 Å². The molecule has 3 N–H and O–H groups in total. The summed E-state index contributed by atoms with van der Waals surface area (Å²) in [5.41, 5.74) is 7.78. The second-order valence-corrected chi connectivity index (χ2v) is 9.36. The number of H-pyrrole nitrogens is 1. The predicted octanol–water partition coefficient (Wildman–Crippen LogP) is 3.70. The molecule has 3 heterocycles. The number of halogens is 2. The molecule has 1 fully saturated rings. The van der Waals surface area contributed by atoms with Crippen LogP contribution in [0.1, 0.15) is 33.7 Å². The molecule has 9 nitrogen and oxygen atoms in total. The summed E-state index contributed by atoms with van der Waals surface area (Å²) in [5, 5.41) is 4.84. The number of hydrogen-bond donors (Lipinski definition) is 2. The second kappa shape index (κ2) is 8.62. The summed E-state index contributed by atoms with van der Waals surface area (Å²) in [7, 11) is 3.31. The van der Waals surface area contributed by atoms with Crippen molar-refractivity contribution in [3.63, 3.8) is 0 Å². The Morgan fingerprint density at radius 2 is 1.97 bits per heavy atom. The molecule has 0 aliphatic heterocycles. The van der Waals surface area contributed by atoms with Gasteiger partial charge in [0.2, 0.25) is 0 Å². The summed E-state index contributed by atoms with van der Waals surface area (Å²) in [6.45, 7) is 0. The molecule has 0 spiro atoms. The number of thiazole rings is 1. The fourth-order valence-corrected chi connectivity index (χ4v) is 4.83. The Morgan fingerprint density at radius 3 is 2.63 bits per heavy atom. The van der Waals surface area contributed by atoms with Crippen molar-refractivity contribution >= 4 is 34.0 Å². The number of benzene rings is 1. The van der Waals surface area contributed by atoms with Crippen molar-refractivity contribution in [2.24, 2.45) is 5.73 Å². The number of nitrogens with zero attached hydrogens (tertiary/aromatic N) is 5. The van der Waals surface area contributed by atoms with Crippen LogP contribution in [0.15, 0.2) is 42.9 Å². The van der Waals surface area contributed by atoms with E-state index in [1.54, 1.807) is 38.8 Å². The molecule has 1 saturated carbocycles. The molecule has 1 aromatic carbocycles. The lowest BCUT2D eigenvalue weighted by atomic mass is 10.2. The average molecular weight is 498 g/mol. The number of aromatic amines is 1. The zero-order valence-electron chi connectivity index (χ0n) is 18.8. The maximum atomic E-state index is 13.7. The van der Waals surface area contributed by atoms with Crippen molar-refractivity contribution in [2.45, 2.75) is 18.9 Å². The number of nitrogens with two attached hydrogens (primary N) is 1. The SMILES string of the molecule is CN(C)C(=O)c1c[nH]c(-c2sc(N(c3cnn(-c4ccc(F)c(F)c4)c3)C3CC3)nc2C(N)=O)c1. The van der Waals surface area contributed by atoms with E-state index in [0.717, 1.165) is 25.0 Å². The van der Waals surface area contributed by atoms with Gasteiger partial charge >= 0.3 is 0 Å². The highest BCUT2D eigenvalue weighted by Crippen LogP contribution is 2.43. The largest absolute Gasteiger partial charge is 0.364 e. The highest BCUT2D eigenvalue weighted by atomic mass is 32.1. The van der Waals surface area contributed by atoms with Crippen LogP contribution < -0.4 is 10.6 Å². The van der Waals surface area contributed by atoms with Gasteiger partial charge in [0.25, 0.3) is 11.8 Å². The first kappa shape index (κ1) is 22.7. The van der Waals surface area contributed by atoms with Gasteiger partial charge in [0, 0.05) is 32.4 Å². The third-order valence-electron chi connectivity index (χ3n) is 5.56. The van der Waals surface area contributed by atoms with E-state index < -0.39 is 17.5 Å². The number of rotatable bonds is 7. The average Bonchev–Trinajstić information content (AvgIpc) is 3.20. The molecule has 5 rings (SSSR count). The van der Waals surface area contributed by atoms with E-state index in [2.05, 4.69) is 15.1 Å². The Bertz CT molecular complexity index is 1440. The minimum Gasteiger partial charge on any atom is -0.364 e. The van der Waals surface area contributed by atoms with Gasteiger partial charge < -0.3 is 20.5 Å². The van der Waals surface area contributed by atoms with Crippen LogP contribution in [0.25, 0.3) is 16.3 Å². The zero-order chi connectivity index (χ0) is 24.9. The van der Waals surface area contributed by atoms with E-state index in [4.69, 9.17) is 5.73 Å². The van der Waals surface area contributed by atoms with Crippen molar-refractivity contribution < 1.29 is 18.4 Å². The van der Waals surface area contributed by atoms with Crippen LogP contribution in [0.2, 0.25) is 0 Å². The molecule has 0 atom stereocenters. The highest BCUT2D eigenvalue weighted by molar-refractivity contribution is 7.19. The predicted molar refractivity (Wildman–Crippen MR) is 127 cm³/mol. The van der Waals surface area contributed by atoms with Gasteiger partial charge in [-0.05, 0) is 31.0 Å². The van der Waals surface area contributed by atoms with Gasteiger partial charge in [-0.25, -0.2) is 18.4 Å². The molecule has 0 saturated heterocycles. The number of nitrogens with one attached hydrogen (secondary N) is 1. The molecule has 1 aliphatic rings. The van der Waals surface area contributed by atoms with Crippen LogP contribution in [0.4, 0.5) is 19.6 Å². The number of amides is 2. The lowest BCUT2D eigenvalue weighted by Crippen LogP contribution is -2.20. The maximum absolute atomic E-state index is 13.7. The van der Waals surface area contributed by atoms with E-state index in [1.807, 2.05) is 4.90 Å². The molecule has 3 aromatic heterocycles. The standard InChI is InChI=1S/C23H21F2N7O2S/c1-30(2)22(34)12-7-18(27-9-12)20-19(21(26)33)29-23(35-20)32(13-3-4-13)15-10-28-31(11-15)14-5-6-16(24)17(25)8-14/h5-11,13,27H,3-4H2,1-2H3,(H2,26,33). The van der Waals surface area contributed by atoms with E-state index in [-0.39, 0.29) is 17.6 Å². The Balaban J connectivity index is 1.52. The fraction of sp³-hybridized carbons (Fsp3) is 0.217. The molecule has 0 bridgehead atoms. The maximum Gasteiger partial charge on any atom is 0.268 e. The first-order valence-electron chi connectivity index (χ1n) is 10.7. The van der Waals surface area contributed by atoms with Crippen molar-refractivity contribution in [1.29, 1.82) is 0 Å². The van der Waals surface area contributed by atoms with Crippen molar-refractivity contribution in [2.75, 3.05) is 19.0 Å². The molecule has 35 heavy (non-hydrogen) atoms. The van der Waals surface area contributed by atoms with Gasteiger partial charge in [-0.15, -0.1) is 0 Å². The van der Waals surface area contributed by atoms with Gasteiger partial charge in [0.1, 0.15) is 0 Å². The first-order chi connectivity index (χ1) is 16.7. The summed E-state index contributed by atoms with van der Waals surface area (Å²) in [5.74, 6) is -2.77. The molecule has 2 amide bonds. The third-order valence-corrected chi connectivity index (χ3v) is 6.65. The number of aromatic nitrogens is 4. The first-order valence-corrected chi connectivity index (χ1v) is 11.5. The number of hydrogen-bond acceptors (Lipinski definition) is 6. The summed E-state index contributed by atoms with van der Waals surface area (Å²) >= 11 is 1.27. The van der Waals surface area contributed by atoms with Crippen LogP contribution in [-0.2, 0) is 0 Å². The minimum absolute atomic E-state index is 0.0920. The quantitative estimate of drug-likeness (QED) is 0.404. The van der Waals surface area contributed by atoms with E-state index in [1.165, 1.54) is 27.0 Å². The lowest BCUT2D eigenvalue weighted by Gasteiger charge is -2.19. The van der Waals surface area contributed by atoms with Crippen LogP contribution >= 0.6 is 11.3 Å². The molecule has 0 unspecified atom stereocenters. The molecule has 180 valence electrons. The lowest BCUT2D eigenvalue weighted by molar-refractivity contribution is 0.0827. The van der Waals surface area contributed by atoms with E-state index in [9.17, 15) is 18.4 Å². The van der Waals surface area contributed by atoms with Crippen LogP contribution in [0.5, 0.6) is 0 Å². The van der Waals surface area contributed by atoms with Crippen LogP contribution in [0.3, 0.4) is 0 Å². The Hall–Kier alpha value is -4.06. The molecule has 4 aromatic rings. The number of carbonyl (C=O) groups excluding carboxylic acids is 2. The number of carbonyl (C=O) groups is 2. The van der Waals surface area contributed by atoms with Gasteiger partial charge in [-0.3, -0.25) is 9.59 Å². The molecular weight excluding hydrogens is 476 g/mol. The molecule has 12 heteroatoms. The summed E-state index contributed by atoms with van der Waals surface area (Å²) in [4.78, 5) is 36.0. The normalized spacial score (nSPS) is 13.1. The summed E-state index contributed by atoms with van der Waals surface area (Å²) in [6.07, 6.45) is 6.71. The highest BCUT2D eigenvalue weighted by Gasteiger charge is 2.34. The summed E-state index contributed by atoms with van der Waals surface area (Å²) in [6, 6.07) is 5.35. The summed E-state index contributed by atoms with van der Waals surface area (Å²) < 4.78 is 28.5.